The van der Waals surface area contributed by atoms with Gasteiger partial charge in [0, 0.05) is 13.1 Å². The Kier molecular flexibility index (Phi) is 6.39. The van der Waals surface area contributed by atoms with E-state index in [0.29, 0.717) is 0 Å². The van der Waals surface area contributed by atoms with Crippen LogP contribution >= 0.6 is 0 Å². The van der Waals surface area contributed by atoms with E-state index in [2.05, 4.69) is 25.8 Å². The number of nitrogens with zero attached hydrogens (tertiary/aromatic N) is 1. The van der Waals surface area contributed by atoms with E-state index in [1.165, 1.54) is 6.42 Å². The molecule has 0 radical (unpaired) electrons. The van der Waals surface area contributed by atoms with Gasteiger partial charge in [0.2, 0.25) is 0 Å². The van der Waals surface area contributed by atoms with Gasteiger partial charge in [-0.2, -0.15) is 0 Å². The topological polar surface area (TPSA) is 23.5 Å². The molecule has 0 heterocycles. The van der Waals surface area contributed by atoms with Crippen LogP contribution in [0.2, 0.25) is 0 Å². The number of aliphatic hydroxyl groups is 1. The summed E-state index contributed by atoms with van der Waals surface area (Å²) in [6, 6.07) is 0. The molecule has 0 bridgehead atoms. The van der Waals surface area contributed by atoms with Crippen LogP contribution < -0.4 is 0 Å². The second-order valence-corrected chi connectivity index (χ2v) is 3.80. The van der Waals surface area contributed by atoms with Crippen LogP contribution in [0.4, 0.5) is 0 Å². The molecule has 2 atom stereocenters. The van der Waals surface area contributed by atoms with Crippen molar-refractivity contribution >= 4 is 0 Å². The van der Waals surface area contributed by atoms with Crippen molar-refractivity contribution in [2.75, 3.05) is 20.1 Å². The first kappa shape index (κ1) is 11.9. The van der Waals surface area contributed by atoms with Gasteiger partial charge in [0.05, 0.1) is 6.10 Å². The molecule has 0 aliphatic rings. The Morgan fingerprint density at radius 3 is 2.17 bits per heavy atom. The van der Waals surface area contributed by atoms with Gasteiger partial charge in [0.15, 0.2) is 0 Å². The normalized spacial score (nSPS) is 16.5. The number of hydrogen-bond donors (Lipinski definition) is 1. The molecule has 2 unspecified atom stereocenters. The first-order valence-corrected chi connectivity index (χ1v) is 4.96. The van der Waals surface area contributed by atoms with E-state index in [4.69, 9.17) is 0 Å². The summed E-state index contributed by atoms with van der Waals surface area (Å²) in [5.41, 5.74) is 0. The van der Waals surface area contributed by atoms with Crippen LogP contribution in [0, 0.1) is 5.92 Å². The Bertz CT molecular complexity index is 94.0. The summed E-state index contributed by atoms with van der Waals surface area (Å²) in [6.07, 6.45) is 1.91. The van der Waals surface area contributed by atoms with Crippen molar-refractivity contribution in [1.29, 1.82) is 0 Å². The Morgan fingerprint density at radius 1 is 1.17 bits per heavy atom. The summed E-state index contributed by atoms with van der Waals surface area (Å²) < 4.78 is 0. The first-order chi connectivity index (χ1) is 5.60. The fourth-order valence-corrected chi connectivity index (χ4v) is 1.22. The summed E-state index contributed by atoms with van der Waals surface area (Å²) in [5, 5.41) is 9.37. The van der Waals surface area contributed by atoms with E-state index in [9.17, 15) is 5.11 Å². The monoisotopic (exact) mass is 173 g/mol. The quantitative estimate of drug-likeness (QED) is 0.661. The van der Waals surface area contributed by atoms with Gasteiger partial charge in [-0.25, -0.2) is 0 Å². The minimum absolute atomic E-state index is 0.154. The van der Waals surface area contributed by atoms with Crippen LogP contribution in [0.1, 0.15) is 33.6 Å². The zero-order chi connectivity index (χ0) is 9.56. The average Bonchev–Trinajstić information content (AvgIpc) is 2.03. The summed E-state index contributed by atoms with van der Waals surface area (Å²) in [5.74, 6) is 0.735. The van der Waals surface area contributed by atoms with Crippen molar-refractivity contribution in [3.63, 3.8) is 0 Å². The smallest absolute Gasteiger partial charge is 0.0664 e. The van der Waals surface area contributed by atoms with Crippen LogP contribution in [0.5, 0.6) is 0 Å². The largest absolute Gasteiger partial charge is 0.392 e. The fourth-order valence-electron chi connectivity index (χ4n) is 1.22. The van der Waals surface area contributed by atoms with Gasteiger partial charge in [-0.05, 0) is 19.4 Å². The molecule has 0 aromatic heterocycles. The summed E-state index contributed by atoms with van der Waals surface area (Å²) in [4.78, 5) is 2.21. The molecule has 12 heavy (non-hydrogen) atoms. The summed E-state index contributed by atoms with van der Waals surface area (Å²) >= 11 is 0. The number of likely N-dealkylation sites (N-methyl/N-ethyl adjacent to an activating group) is 1. The van der Waals surface area contributed by atoms with E-state index in [1.807, 2.05) is 6.92 Å². The molecule has 0 rings (SSSR count). The lowest BCUT2D eigenvalue weighted by molar-refractivity contribution is 0.115. The molecule has 0 saturated carbocycles. The lowest BCUT2D eigenvalue weighted by Gasteiger charge is -2.22. The Balaban J connectivity index is 3.51. The van der Waals surface area contributed by atoms with E-state index >= 15 is 0 Å². The lowest BCUT2D eigenvalue weighted by atomic mass is 10.1. The number of rotatable bonds is 6. The van der Waals surface area contributed by atoms with Crippen LogP contribution in [0.3, 0.4) is 0 Å². The van der Waals surface area contributed by atoms with Crippen molar-refractivity contribution in [2.24, 2.45) is 5.92 Å². The highest BCUT2D eigenvalue weighted by Gasteiger charge is 2.08. The minimum atomic E-state index is -0.154. The highest BCUT2D eigenvalue weighted by atomic mass is 16.3. The van der Waals surface area contributed by atoms with Crippen molar-refractivity contribution in [1.82, 2.24) is 4.90 Å². The zero-order valence-corrected chi connectivity index (χ0v) is 8.88. The maximum absolute atomic E-state index is 9.37. The van der Waals surface area contributed by atoms with Gasteiger partial charge in [-0.1, -0.05) is 27.2 Å². The fraction of sp³-hybridized carbons (Fsp3) is 1.00. The van der Waals surface area contributed by atoms with Crippen molar-refractivity contribution in [2.45, 2.75) is 39.7 Å². The molecule has 0 spiro atoms. The van der Waals surface area contributed by atoms with Crippen LogP contribution in [0.15, 0.2) is 0 Å². The van der Waals surface area contributed by atoms with Gasteiger partial charge in [-0.15, -0.1) is 0 Å². The second-order valence-electron chi connectivity index (χ2n) is 3.80. The maximum Gasteiger partial charge on any atom is 0.0664 e. The minimum Gasteiger partial charge on any atom is -0.392 e. The van der Waals surface area contributed by atoms with Gasteiger partial charge >= 0.3 is 0 Å². The van der Waals surface area contributed by atoms with E-state index in [-0.39, 0.29) is 6.10 Å². The van der Waals surface area contributed by atoms with Crippen molar-refractivity contribution in [3.05, 3.63) is 0 Å². The molecule has 0 aromatic rings. The molecule has 0 aliphatic heterocycles. The molecule has 0 fully saturated rings. The second kappa shape index (κ2) is 6.44. The zero-order valence-electron chi connectivity index (χ0n) is 8.88. The maximum atomic E-state index is 9.37. The number of hydrogen-bond acceptors (Lipinski definition) is 2. The molecular formula is C10H23NO. The molecule has 2 nitrogen and oxygen atoms in total. The SMILES string of the molecule is CCC(C)CN(C)CC(O)CC. The molecule has 1 N–H and O–H groups in total. The van der Waals surface area contributed by atoms with Gasteiger partial charge in [0.25, 0.3) is 0 Å². The Morgan fingerprint density at radius 2 is 1.75 bits per heavy atom. The van der Waals surface area contributed by atoms with E-state index in [1.54, 1.807) is 0 Å². The molecule has 0 aromatic carbocycles. The van der Waals surface area contributed by atoms with E-state index < -0.39 is 0 Å². The predicted molar refractivity (Wildman–Crippen MR) is 53.2 cm³/mol. The highest BCUT2D eigenvalue weighted by molar-refractivity contribution is 4.62. The molecule has 0 amide bonds. The van der Waals surface area contributed by atoms with Crippen molar-refractivity contribution < 1.29 is 5.11 Å². The standard InChI is InChI=1S/C10H23NO/c1-5-9(3)7-11(4)8-10(12)6-2/h9-10,12H,5-8H2,1-4H3. The average molecular weight is 173 g/mol. The predicted octanol–water partition coefficient (Wildman–Crippen LogP) is 1.74. The summed E-state index contributed by atoms with van der Waals surface area (Å²) in [7, 11) is 2.07. The Labute approximate surface area is 76.6 Å². The molecular weight excluding hydrogens is 150 g/mol. The highest BCUT2D eigenvalue weighted by Crippen LogP contribution is 2.03. The number of aliphatic hydroxyl groups excluding tert-OH is 1. The third kappa shape index (κ3) is 5.56. The van der Waals surface area contributed by atoms with Crippen LogP contribution in [-0.4, -0.2) is 36.2 Å². The molecule has 2 heteroatoms. The van der Waals surface area contributed by atoms with Crippen LogP contribution in [0.25, 0.3) is 0 Å². The lowest BCUT2D eigenvalue weighted by Crippen LogP contribution is -2.31. The van der Waals surface area contributed by atoms with Crippen molar-refractivity contribution in [3.8, 4) is 0 Å². The van der Waals surface area contributed by atoms with Gasteiger partial charge < -0.3 is 10.0 Å². The Hall–Kier alpha value is -0.0800. The van der Waals surface area contributed by atoms with E-state index in [0.717, 1.165) is 25.4 Å². The third-order valence-electron chi connectivity index (χ3n) is 2.31. The van der Waals surface area contributed by atoms with Crippen LogP contribution in [-0.2, 0) is 0 Å². The molecule has 0 aliphatic carbocycles. The summed E-state index contributed by atoms with van der Waals surface area (Å²) in [6.45, 7) is 8.36. The third-order valence-corrected chi connectivity index (χ3v) is 2.31. The first-order valence-electron chi connectivity index (χ1n) is 4.96. The van der Waals surface area contributed by atoms with Gasteiger partial charge in [0.1, 0.15) is 0 Å². The molecule has 74 valence electrons. The molecule has 0 saturated heterocycles. The van der Waals surface area contributed by atoms with Gasteiger partial charge in [-0.3, -0.25) is 0 Å².